The van der Waals surface area contributed by atoms with E-state index in [-0.39, 0.29) is 17.7 Å². The summed E-state index contributed by atoms with van der Waals surface area (Å²) in [6.45, 7) is 1.71. The number of rotatable bonds is 2. The van der Waals surface area contributed by atoms with Crippen LogP contribution >= 0.6 is 11.3 Å². The molecule has 0 saturated heterocycles. The molecule has 0 aliphatic carbocycles. The SMILES string of the molecule is Cc1c(O)c(Cc2ccc(F)c(F)c2)c(=O)n2cc(C#Cc3ccccc3)sc12. The molecule has 0 aliphatic heterocycles. The summed E-state index contributed by atoms with van der Waals surface area (Å²) in [7, 11) is 0. The van der Waals surface area contributed by atoms with Crippen LogP contribution in [0.15, 0.2) is 59.5 Å². The maximum absolute atomic E-state index is 13.5. The van der Waals surface area contributed by atoms with Crippen LogP contribution in [0.5, 0.6) is 5.75 Å². The van der Waals surface area contributed by atoms with E-state index in [1.165, 1.54) is 21.8 Å². The van der Waals surface area contributed by atoms with Crippen LogP contribution in [-0.4, -0.2) is 9.51 Å². The Morgan fingerprint density at radius 3 is 2.55 bits per heavy atom. The highest BCUT2D eigenvalue weighted by Gasteiger charge is 2.18. The Morgan fingerprint density at radius 1 is 1.07 bits per heavy atom. The number of benzene rings is 2. The maximum Gasteiger partial charge on any atom is 0.263 e. The molecular formula is C23H15F2NO2S. The molecule has 0 bridgehead atoms. The molecule has 3 nitrogen and oxygen atoms in total. The van der Waals surface area contributed by atoms with Gasteiger partial charge in [0.2, 0.25) is 0 Å². The number of aromatic nitrogens is 1. The lowest BCUT2D eigenvalue weighted by Crippen LogP contribution is -2.18. The van der Waals surface area contributed by atoms with Crippen molar-refractivity contribution in [2.45, 2.75) is 13.3 Å². The fourth-order valence-electron chi connectivity index (χ4n) is 3.06. The van der Waals surface area contributed by atoms with Crippen molar-refractivity contribution in [3.8, 4) is 17.6 Å². The van der Waals surface area contributed by atoms with Crippen LogP contribution in [0.25, 0.3) is 4.83 Å². The maximum atomic E-state index is 13.5. The van der Waals surface area contributed by atoms with Crippen molar-refractivity contribution in [1.29, 1.82) is 0 Å². The molecule has 2 heterocycles. The lowest BCUT2D eigenvalue weighted by Gasteiger charge is -2.09. The van der Waals surface area contributed by atoms with Gasteiger partial charge in [0, 0.05) is 23.7 Å². The number of hydrogen-bond acceptors (Lipinski definition) is 3. The van der Waals surface area contributed by atoms with E-state index in [2.05, 4.69) is 11.8 Å². The molecule has 4 rings (SSSR count). The minimum absolute atomic E-state index is 0.00742. The van der Waals surface area contributed by atoms with E-state index < -0.39 is 17.2 Å². The minimum Gasteiger partial charge on any atom is -0.507 e. The molecule has 144 valence electrons. The average molecular weight is 407 g/mol. The summed E-state index contributed by atoms with van der Waals surface area (Å²) in [5.74, 6) is 4.01. The zero-order valence-corrected chi connectivity index (χ0v) is 16.2. The Balaban J connectivity index is 1.78. The number of thiazole rings is 1. The summed E-state index contributed by atoms with van der Waals surface area (Å²) in [4.78, 5) is 14.2. The minimum atomic E-state index is -0.992. The molecule has 0 spiro atoms. The van der Waals surface area contributed by atoms with Crippen molar-refractivity contribution in [3.05, 3.63) is 104 Å². The van der Waals surface area contributed by atoms with Gasteiger partial charge in [-0.25, -0.2) is 8.78 Å². The van der Waals surface area contributed by atoms with Crippen LogP contribution in [0.3, 0.4) is 0 Å². The summed E-state index contributed by atoms with van der Waals surface area (Å²) >= 11 is 1.31. The normalized spacial score (nSPS) is 10.7. The first-order valence-corrected chi connectivity index (χ1v) is 9.63. The molecule has 0 fully saturated rings. The van der Waals surface area contributed by atoms with Crippen LogP contribution in [-0.2, 0) is 6.42 Å². The zero-order valence-electron chi connectivity index (χ0n) is 15.4. The van der Waals surface area contributed by atoms with Crippen LogP contribution in [0.4, 0.5) is 8.78 Å². The largest absolute Gasteiger partial charge is 0.507 e. The zero-order chi connectivity index (χ0) is 20.5. The van der Waals surface area contributed by atoms with E-state index in [9.17, 15) is 18.7 Å². The first kappa shape index (κ1) is 18.9. The molecule has 4 aromatic rings. The highest BCUT2D eigenvalue weighted by molar-refractivity contribution is 7.18. The standard InChI is InChI=1S/C23H15F2NO2S/c1-14-21(27)18(11-16-8-10-19(24)20(25)12-16)22(28)26-13-17(29-23(14)26)9-7-15-5-3-2-4-6-15/h2-6,8,10,12-13,27H,11H2,1H3. The van der Waals surface area contributed by atoms with Crippen LogP contribution < -0.4 is 5.56 Å². The number of fused-ring (bicyclic) bond motifs is 1. The van der Waals surface area contributed by atoms with Gasteiger partial charge in [0.1, 0.15) is 10.6 Å². The quantitative estimate of drug-likeness (QED) is 0.492. The third kappa shape index (κ3) is 3.65. The van der Waals surface area contributed by atoms with E-state index in [0.29, 0.717) is 20.8 Å². The molecule has 0 radical (unpaired) electrons. The summed E-state index contributed by atoms with van der Waals surface area (Å²) < 4.78 is 28.1. The average Bonchev–Trinajstić information content (AvgIpc) is 3.16. The van der Waals surface area contributed by atoms with Crippen molar-refractivity contribution < 1.29 is 13.9 Å². The molecule has 0 unspecified atom stereocenters. The van der Waals surface area contributed by atoms with E-state index in [1.807, 2.05) is 30.3 Å². The number of pyridine rings is 1. The Labute approximate surface area is 169 Å². The van der Waals surface area contributed by atoms with Crippen LogP contribution in [0.1, 0.15) is 27.1 Å². The van der Waals surface area contributed by atoms with Gasteiger partial charge >= 0.3 is 0 Å². The fraction of sp³-hybridized carbons (Fsp3) is 0.0870. The van der Waals surface area contributed by atoms with Crippen molar-refractivity contribution in [2.24, 2.45) is 0 Å². The third-order valence-electron chi connectivity index (χ3n) is 4.58. The molecule has 1 N–H and O–H groups in total. The Bertz CT molecular complexity index is 1340. The lowest BCUT2D eigenvalue weighted by molar-refractivity contribution is 0.463. The first-order chi connectivity index (χ1) is 13.9. The number of halogens is 2. The van der Waals surface area contributed by atoms with E-state index in [1.54, 1.807) is 13.1 Å². The first-order valence-electron chi connectivity index (χ1n) is 8.81. The van der Waals surface area contributed by atoms with Gasteiger partial charge < -0.3 is 5.11 Å². The monoisotopic (exact) mass is 407 g/mol. The summed E-state index contributed by atoms with van der Waals surface area (Å²) in [6, 6.07) is 12.9. The second-order valence-corrected chi connectivity index (χ2v) is 7.60. The number of aryl methyl sites for hydroxylation is 1. The summed E-state index contributed by atoms with van der Waals surface area (Å²) in [5.41, 5.74) is 1.52. The Kier molecular flexibility index (Phi) is 4.91. The topological polar surface area (TPSA) is 41.7 Å². The van der Waals surface area contributed by atoms with Crippen LogP contribution in [0.2, 0.25) is 0 Å². The summed E-state index contributed by atoms with van der Waals surface area (Å²) in [6.07, 6.45) is 1.63. The molecule has 0 amide bonds. The van der Waals surface area contributed by atoms with Crippen LogP contribution in [0, 0.1) is 30.4 Å². The predicted octanol–water partition coefficient (Wildman–Crippen LogP) is 4.64. The number of hydrogen-bond donors (Lipinski definition) is 1. The van der Waals surface area contributed by atoms with Gasteiger partial charge in [-0.05, 0) is 42.7 Å². The Hall–Kier alpha value is -3.43. The van der Waals surface area contributed by atoms with Crippen molar-refractivity contribution in [3.63, 3.8) is 0 Å². The van der Waals surface area contributed by atoms with Gasteiger partial charge in [0.15, 0.2) is 11.6 Å². The number of aromatic hydroxyl groups is 1. The van der Waals surface area contributed by atoms with Crippen molar-refractivity contribution in [1.82, 2.24) is 4.40 Å². The third-order valence-corrected chi connectivity index (χ3v) is 5.70. The van der Waals surface area contributed by atoms with Gasteiger partial charge in [0.25, 0.3) is 5.56 Å². The smallest absolute Gasteiger partial charge is 0.263 e. The van der Waals surface area contributed by atoms with E-state index >= 15 is 0 Å². The molecule has 0 aliphatic rings. The van der Waals surface area contributed by atoms with Gasteiger partial charge in [0.05, 0.1) is 10.4 Å². The van der Waals surface area contributed by atoms with Gasteiger partial charge in [-0.3, -0.25) is 9.20 Å². The van der Waals surface area contributed by atoms with Gasteiger partial charge in [-0.15, -0.1) is 11.3 Å². The van der Waals surface area contributed by atoms with E-state index in [0.717, 1.165) is 17.7 Å². The highest BCUT2D eigenvalue weighted by atomic mass is 32.1. The highest BCUT2D eigenvalue weighted by Crippen LogP contribution is 2.29. The molecule has 2 aromatic carbocycles. The Morgan fingerprint density at radius 2 is 1.83 bits per heavy atom. The molecule has 29 heavy (non-hydrogen) atoms. The molecule has 0 atom stereocenters. The second kappa shape index (κ2) is 7.53. The number of nitrogens with zero attached hydrogens (tertiary/aromatic N) is 1. The molecule has 6 heteroatoms. The van der Waals surface area contributed by atoms with Crippen molar-refractivity contribution >= 4 is 16.2 Å². The fourth-order valence-corrected chi connectivity index (χ4v) is 4.02. The van der Waals surface area contributed by atoms with Gasteiger partial charge in [-0.2, -0.15) is 0 Å². The molecular weight excluding hydrogens is 392 g/mol. The second-order valence-electron chi connectivity index (χ2n) is 6.57. The van der Waals surface area contributed by atoms with Crippen molar-refractivity contribution in [2.75, 3.05) is 0 Å². The van der Waals surface area contributed by atoms with E-state index in [4.69, 9.17) is 0 Å². The lowest BCUT2D eigenvalue weighted by atomic mass is 10.0. The predicted molar refractivity (Wildman–Crippen MR) is 110 cm³/mol. The summed E-state index contributed by atoms with van der Waals surface area (Å²) in [5, 5.41) is 10.6. The molecule has 2 aromatic heterocycles. The van der Waals surface area contributed by atoms with Gasteiger partial charge in [-0.1, -0.05) is 30.2 Å². The molecule has 0 saturated carbocycles.